The van der Waals surface area contributed by atoms with E-state index in [4.69, 9.17) is 5.73 Å². The Morgan fingerprint density at radius 3 is 2.43 bits per heavy atom. The van der Waals surface area contributed by atoms with E-state index in [0.29, 0.717) is 11.9 Å². The van der Waals surface area contributed by atoms with Gasteiger partial charge in [0.25, 0.3) is 0 Å². The highest BCUT2D eigenvalue weighted by molar-refractivity contribution is 7.89. The first-order chi connectivity index (χ1) is 17.4. The van der Waals surface area contributed by atoms with Crippen molar-refractivity contribution in [3.63, 3.8) is 0 Å². The molecule has 9 nitrogen and oxygen atoms in total. The summed E-state index contributed by atoms with van der Waals surface area (Å²) in [4.78, 5) is 19.0. The summed E-state index contributed by atoms with van der Waals surface area (Å²) in [5.41, 5.74) is 6.29. The number of nitrogens with two attached hydrogens (primary N) is 1. The number of β-amino-alcohol motifs (C(OH)–C–C–N with tert-alkyl or cyclic N) is 1. The molecule has 0 radical (unpaired) electrons. The monoisotopic (exact) mass is 535 g/mol. The van der Waals surface area contributed by atoms with Gasteiger partial charge in [-0.3, -0.25) is 9.78 Å². The molecule has 1 fully saturated rings. The number of amides is 1. The Bertz CT molecular complexity index is 1370. The second kappa shape index (κ2) is 10.4. The Morgan fingerprint density at radius 2 is 1.84 bits per heavy atom. The lowest BCUT2D eigenvalue weighted by Crippen LogP contribution is -2.51. The molecule has 4 rings (SSSR count). The first-order valence-electron chi connectivity index (χ1n) is 11.2. The minimum Gasteiger partial charge on any atom is -0.390 e. The summed E-state index contributed by atoms with van der Waals surface area (Å²) in [7, 11) is -3.90. The maximum Gasteiger partial charge on any atom is 0.417 e. The Labute approximate surface area is 211 Å². The van der Waals surface area contributed by atoms with Crippen molar-refractivity contribution in [3.05, 3.63) is 72.2 Å². The summed E-state index contributed by atoms with van der Waals surface area (Å²) in [6.45, 7) is -0.0938. The van der Waals surface area contributed by atoms with E-state index in [0.717, 1.165) is 17.2 Å². The number of nitrogens with zero attached hydrogens (tertiary/aromatic N) is 3. The fourth-order valence-electron chi connectivity index (χ4n) is 4.03. The molecule has 4 N–H and O–H groups in total. The molecule has 0 saturated carbocycles. The van der Waals surface area contributed by atoms with Gasteiger partial charge in [0.2, 0.25) is 15.9 Å². The van der Waals surface area contributed by atoms with Crippen molar-refractivity contribution < 1.29 is 31.5 Å². The molecule has 1 amide bonds. The zero-order chi connectivity index (χ0) is 26.8. The number of pyridine rings is 2. The highest BCUT2D eigenvalue weighted by Gasteiger charge is 2.35. The van der Waals surface area contributed by atoms with Crippen LogP contribution in [0.1, 0.15) is 17.7 Å². The number of carbonyl (C=O) groups is 1. The summed E-state index contributed by atoms with van der Waals surface area (Å²) < 4.78 is 65.7. The van der Waals surface area contributed by atoms with Gasteiger partial charge in [0.1, 0.15) is 5.82 Å². The molecule has 0 spiro atoms. The zero-order valence-corrected chi connectivity index (χ0v) is 20.2. The van der Waals surface area contributed by atoms with Crippen LogP contribution in [0.5, 0.6) is 0 Å². The van der Waals surface area contributed by atoms with Crippen LogP contribution >= 0.6 is 0 Å². The van der Waals surface area contributed by atoms with Crippen LogP contribution in [-0.2, 0) is 27.4 Å². The second-order valence-corrected chi connectivity index (χ2v) is 10.5. The molecule has 0 aliphatic carbocycles. The Morgan fingerprint density at radius 1 is 1.11 bits per heavy atom. The van der Waals surface area contributed by atoms with Crippen LogP contribution in [0.15, 0.2) is 65.8 Å². The lowest BCUT2D eigenvalue weighted by atomic mass is 10.0. The molecule has 1 saturated heterocycles. The van der Waals surface area contributed by atoms with Crippen molar-refractivity contribution in [3.8, 4) is 11.1 Å². The van der Waals surface area contributed by atoms with E-state index in [9.17, 15) is 31.5 Å². The van der Waals surface area contributed by atoms with Gasteiger partial charge in [-0.05, 0) is 53.9 Å². The second-order valence-electron chi connectivity index (χ2n) is 8.60. The molecule has 1 aromatic carbocycles. The predicted molar refractivity (Wildman–Crippen MR) is 129 cm³/mol. The molecule has 3 aromatic rings. The number of aliphatic hydroxyl groups is 1. The lowest BCUT2D eigenvalue weighted by Gasteiger charge is -2.35. The number of nitrogens with one attached hydrogen (secondary N) is 1. The van der Waals surface area contributed by atoms with E-state index < -0.39 is 39.8 Å². The maximum absolute atomic E-state index is 13.2. The first kappa shape index (κ1) is 26.5. The number of rotatable bonds is 7. The summed E-state index contributed by atoms with van der Waals surface area (Å²) in [6, 6.07) is 11.1. The standard InChI is InChI=1S/C24H24F3N5O4S/c25-24(26,27)17-3-6-23(30-13-17)31-20-8-10-32(14-21(20)33)37(35,36)19-4-1-15(2-5-19)16-7-9-29-18(11-16)12-22(28)34/h1-7,9,11,13,20-21,33H,8,10,12,14H2,(H2,28,34)(H,30,31)/t20-,21+/m1/s1. The van der Waals surface area contributed by atoms with Gasteiger partial charge in [-0.25, -0.2) is 13.4 Å². The molecule has 0 bridgehead atoms. The van der Waals surface area contributed by atoms with Gasteiger partial charge in [0.05, 0.1) is 34.7 Å². The molecular formula is C24H24F3N5O4S. The molecular weight excluding hydrogens is 511 g/mol. The van der Waals surface area contributed by atoms with Gasteiger partial charge in [-0.15, -0.1) is 0 Å². The van der Waals surface area contributed by atoms with Gasteiger partial charge in [0.15, 0.2) is 0 Å². The normalized spacial score (nSPS) is 18.9. The van der Waals surface area contributed by atoms with Gasteiger partial charge < -0.3 is 16.2 Å². The Hall–Kier alpha value is -3.55. The quantitative estimate of drug-likeness (QED) is 0.422. The first-order valence-corrected chi connectivity index (χ1v) is 12.7. The topological polar surface area (TPSA) is 139 Å². The van der Waals surface area contributed by atoms with Crippen LogP contribution in [0.3, 0.4) is 0 Å². The summed E-state index contributed by atoms with van der Waals surface area (Å²) >= 11 is 0. The van der Waals surface area contributed by atoms with Crippen LogP contribution in [0.2, 0.25) is 0 Å². The SMILES string of the molecule is NC(=O)Cc1cc(-c2ccc(S(=O)(=O)N3CC[C@@H](Nc4ccc(C(F)(F)F)cn4)[C@@H](O)C3)cc2)ccn1. The van der Waals surface area contributed by atoms with Gasteiger partial charge in [-0.1, -0.05) is 12.1 Å². The molecule has 37 heavy (non-hydrogen) atoms. The van der Waals surface area contributed by atoms with Crippen molar-refractivity contribution in [2.45, 2.75) is 36.1 Å². The number of anilines is 1. The predicted octanol–water partition coefficient (Wildman–Crippen LogP) is 2.43. The van der Waals surface area contributed by atoms with E-state index in [2.05, 4.69) is 15.3 Å². The van der Waals surface area contributed by atoms with E-state index >= 15 is 0 Å². The molecule has 1 aliphatic heterocycles. The molecule has 1 aliphatic rings. The molecule has 13 heteroatoms. The minimum absolute atomic E-state index is 0.0115. The van der Waals surface area contributed by atoms with E-state index in [1.807, 2.05) is 0 Å². The van der Waals surface area contributed by atoms with Crippen LogP contribution in [0.25, 0.3) is 11.1 Å². The number of piperidine rings is 1. The summed E-state index contributed by atoms with van der Waals surface area (Å²) in [5, 5.41) is 13.4. The molecule has 3 heterocycles. The van der Waals surface area contributed by atoms with Crippen molar-refractivity contribution in [2.75, 3.05) is 18.4 Å². The smallest absolute Gasteiger partial charge is 0.390 e. The fraction of sp³-hybridized carbons (Fsp3) is 0.292. The van der Waals surface area contributed by atoms with E-state index in [1.54, 1.807) is 24.3 Å². The van der Waals surface area contributed by atoms with Gasteiger partial charge in [-0.2, -0.15) is 17.5 Å². The zero-order valence-electron chi connectivity index (χ0n) is 19.4. The lowest BCUT2D eigenvalue weighted by molar-refractivity contribution is -0.137. The van der Waals surface area contributed by atoms with E-state index in [1.165, 1.54) is 28.7 Å². The number of primary amides is 1. The number of hydrogen-bond acceptors (Lipinski definition) is 7. The van der Waals surface area contributed by atoms with Crippen LogP contribution < -0.4 is 11.1 Å². The number of halogens is 3. The number of alkyl halides is 3. The minimum atomic E-state index is -4.50. The van der Waals surface area contributed by atoms with Crippen LogP contribution in [0, 0.1) is 0 Å². The highest BCUT2D eigenvalue weighted by Crippen LogP contribution is 2.30. The van der Waals surface area contributed by atoms with Gasteiger partial charge >= 0.3 is 6.18 Å². The molecule has 0 unspecified atom stereocenters. The van der Waals surface area contributed by atoms with Crippen molar-refractivity contribution in [2.24, 2.45) is 5.73 Å². The molecule has 2 aromatic heterocycles. The maximum atomic E-state index is 13.2. The summed E-state index contributed by atoms with van der Waals surface area (Å²) in [6.07, 6.45) is -3.16. The number of sulfonamides is 1. The van der Waals surface area contributed by atoms with Crippen LogP contribution in [0.4, 0.5) is 19.0 Å². The number of carbonyl (C=O) groups excluding carboxylic acids is 1. The van der Waals surface area contributed by atoms with Crippen molar-refractivity contribution in [1.29, 1.82) is 0 Å². The van der Waals surface area contributed by atoms with Crippen molar-refractivity contribution in [1.82, 2.24) is 14.3 Å². The third-order valence-corrected chi connectivity index (χ3v) is 7.85. The Kier molecular flexibility index (Phi) is 7.48. The van der Waals surface area contributed by atoms with Crippen molar-refractivity contribution >= 4 is 21.7 Å². The average molecular weight is 536 g/mol. The molecule has 2 atom stereocenters. The largest absolute Gasteiger partial charge is 0.417 e. The third kappa shape index (κ3) is 6.24. The summed E-state index contributed by atoms with van der Waals surface area (Å²) in [5.74, 6) is -0.359. The number of hydrogen-bond donors (Lipinski definition) is 3. The van der Waals surface area contributed by atoms with Gasteiger partial charge in [0, 0.05) is 25.5 Å². The molecule has 196 valence electrons. The third-order valence-electron chi connectivity index (χ3n) is 5.97. The average Bonchev–Trinajstić information content (AvgIpc) is 2.85. The number of aliphatic hydroxyl groups excluding tert-OH is 1. The number of aromatic nitrogens is 2. The number of benzene rings is 1. The Balaban J connectivity index is 1.41. The van der Waals surface area contributed by atoms with Crippen LogP contribution in [-0.4, -0.2) is 58.9 Å². The fourth-order valence-corrected chi connectivity index (χ4v) is 5.50. The highest BCUT2D eigenvalue weighted by atomic mass is 32.2. The van der Waals surface area contributed by atoms with E-state index in [-0.39, 0.29) is 36.6 Å².